The number of non-ortho nitro benzene ring substituents is 1. The number of nitro benzene ring substituents is 1. The number of carbonyl (C=O) groups excluding carboxylic acids is 2. The number of hydrogen-bond donors (Lipinski definition) is 2. The number of nitro groups is 1. The molecule has 11 heteroatoms. The average molecular weight is 496 g/mol. The molecule has 36 heavy (non-hydrogen) atoms. The lowest BCUT2D eigenvalue weighted by molar-refractivity contribution is -0.384. The number of esters is 2. The molecule has 0 aliphatic heterocycles. The van der Waals surface area contributed by atoms with E-state index in [2.05, 4.69) is 13.2 Å². The minimum absolute atomic E-state index is 0.124. The fraction of sp³-hybridized carbons (Fsp3) is 0.240. The predicted molar refractivity (Wildman–Crippen MR) is 137 cm³/mol. The Kier molecular flexibility index (Phi) is 12.9. The lowest BCUT2D eigenvalue weighted by atomic mass is 10.2. The second-order valence-electron chi connectivity index (χ2n) is 7.16. The summed E-state index contributed by atoms with van der Waals surface area (Å²) in [5, 5.41) is 18.7. The molecule has 0 saturated carbocycles. The highest BCUT2D eigenvalue weighted by Crippen LogP contribution is 2.18. The van der Waals surface area contributed by atoms with Crippen molar-refractivity contribution < 1.29 is 24.0 Å². The van der Waals surface area contributed by atoms with Crippen molar-refractivity contribution in [3.8, 4) is 6.07 Å². The van der Waals surface area contributed by atoms with Crippen LogP contribution in [0.15, 0.2) is 67.8 Å². The third kappa shape index (κ3) is 10.8. The molecule has 0 amide bonds. The van der Waals surface area contributed by atoms with Crippen LogP contribution in [0.2, 0.25) is 0 Å². The third-order valence-corrected chi connectivity index (χ3v) is 4.52. The normalized spacial score (nSPS) is 9.53. The number of nitriles is 1. The first-order chi connectivity index (χ1) is 17.2. The van der Waals surface area contributed by atoms with Crippen molar-refractivity contribution in [2.45, 2.75) is 12.8 Å². The molecule has 2 aromatic rings. The third-order valence-electron chi connectivity index (χ3n) is 4.52. The van der Waals surface area contributed by atoms with Crippen LogP contribution in [0.1, 0.15) is 18.4 Å². The lowest BCUT2D eigenvalue weighted by Gasteiger charge is -2.24. The van der Waals surface area contributed by atoms with Gasteiger partial charge in [0.25, 0.3) is 5.69 Å². The summed E-state index contributed by atoms with van der Waals surface area (Å²) in [5.41, 5.74) is 12.8. The minimum Gasteiger partial charge on any atom is -0.461 e. The number of rotatable bonds is 12. The van der Waals surface area contributed by atoms with Crippen molar-refractivity contribution >= 4 is 34.7 Å². The van der Waals surface area contributed by atoms with E-state index < -0.39 is 4.92 Å². The summed E-state index contributed by atoms with van der Waals surface area (Å²) in [6.07, 6.45) is 3.45. The number of anilines is 3. The van der Waals surface area contributed by atoms with Crippen LogP contribution in [-0.2, 0) is 19.1 Å². The molecule has 0 radical (unpaired) electrons. The van der Waals surface area contributed by atoms with Crippen molar-refractivity contribution in [1.29, 1.82) is 5.26 Å². The van der Waals surface area contributed by atoms with Crippen LogP contribution in [0.25, 0.3) is 0 Å². The zero-order chi connectivity index (χ0) is 26.9. The molecular formula is C25H29N5O6. The Balaban J connectivity index is 0.000000450. The Morgan fingerprint density at radius 3 is 1.97 bits per heavy atom. The Labute approximate surface area is 209 Å². The van der Waals surface area contributed by atoms with Crippen LogP contribution in [-0.4, -0.2) is 43.2 Å². The summed E-state index contributed by atoms with van der Waals surface area (Å²) < 4.78 is 9.94. The van der Waals surface area contributed by atoms with Crippen molar-refractivity contribution in [1.82, 2.24) is 0 Å². The second kappa shape index (κ2) is 15.9. The fourth-order valence-corrected chi connectivity index (χ4v) is 2.71. The van der Waals surface area contributed by atoms with Crippen LogP contribution >= 0.6 is 0 Å². The van der Waals surface area contributed by atoms with Gasteiger partial charge in [-0.15, -0.1) is 0 Å². The first-order valence-corrected chi connectivity index (χ1v) is 10.8. The van der Waals surface area contributed by atoms with Gasteiger partial charge in [-0.3, -0.25) is 19.7 Å². The SMILES string of the molecule is C=CCOC(=O)CCN(CCC(=O)OCC=C)c1ccc(N)cc1.N#Cc1cc([N+](=O)[O-])ccc1N. The topological polar surface area (TPSA) is 175 Å². The van der Waals surface area contributed by atoms with Gasteiger partial charge in [0.05, 0.1) is 23.3 Å². The molecule has 2 rings (SSSR count). The van der Waals surface area contributed by atoms with Gasteiger partial charge in [-0.05, 0) is 30.3 Å². The van der Waals surface area contributed by atoms with Crippen LogP contribution < -0.4 is 16.4 Å². The zero-order valence-corrected chi connectivity index (χ0v) is 19.8. The number of carbonyl (C=O) groups is 2. The largest absolute Gasteiger partial charge is 0.461 e. The molecule has 0 spiro atoms. The molecule has 0 unspecified atom stereocenters. The summed E-state index contributed by atoms with van der Waals surface area (Å²) in [6.45, 7) is 8.23. The van der Waals surface area contributed by atoms with Gasteiger partial charge in [0.2, 0.25) is 0 Å². The molecule has 190 valence electrons. The number of nitrogens with zero attached hydrogens (tertiary/aromatic N) is 3. The van der Waals surface area contributed by atoms with E-state index >= 15 is 0 Å². The number of benzene rings is 2. The van der Waals surface area contributed by atoms with Gasteiger partial charge >= 0.3 is 11.9 Å². The summed E-state index contributed by atoms with van der Waals surface area (Å²) in [7, 11) is 0. The van der Waals surface area contributed by atoms with E-state index in [1.165, 1.54) is 24.3 Å². The van der Waals surface area contributed by atoms with E-state index in [9.17, 15) is 19.7 Å². The monoisotopic (exact) mass is 495 g/mol. The molecule has 0 bridgehead atoms. The zero-order valence-electron chi connectivity index (χ0n) is 19.8. The van der Waals surface area contributed by atoms with Gasteiger partial charge in [-0.1, -0.05) is 25.3 Å². The van der Waals surface area contributed by atoms with E-state index in [0.29, 0.717) is 18.8 Å². The predicted octanol–water partition coefficient (Wildman–Crippen LogP) is 3.36. The Hall–Kier alpha value is -4.85. The van der Waals surface area contributed by atoms with Crippen molar-refractivity contribution in [2.75, 3.05) is 42.7 Å². The maximum absolute atomic E-state index is 11.7. The van der Waals surface area contributed by atoms with Crippen LogP contribution in [0.3, 0.4) is 0 Å². The number of ether oxygens (including phenoxy) is 2. The molecule has 0 aliphatic rings. The molecule has 0 saturated heterocycles. The fourth-order valence-electron chi connectivity index (χ4n) is 2.71. The minimum atomic E-state index is -0.569. The number of nitrogen functional groups attached to an aromatic ring is 2. The van der Waals surface area contributed by atoms with Gasteiger partial charge in [-0.25, -0.2) is 0 Å². The van der Waals surface area contributed by atoms with Gasteiger partial charge in [0, 0.05) is 42.3 Å². The van der Waals surface area contributed by atoms with Gasteiger partial charge in [0.1, 0.15) is 19.3 Å². The van der Waals surface area contributed by atoms with E-state index in [1.54, 1.807) is 18.2 Å². The van der Waals surface area contributed by atoms with E-state index in [4.69, 9.17) is 26.2 Å². The summed E-state index contributed by atoms with van der Waals surface area (Å²) in [6, 6.07) is 12.8. The van der Waals surface area contributed by atoms with Gasteiger partial charge < -0.3 is 25.8 Å². The molecular weight excluding hydrogens is 466 g/mol. The summed E-state index contributed by atoms with van der Waals surface area (Å²) in [4.78, 5) is 34.9. The second-order valence-corrected chi connectivity index (χ2v) is 7.16. The maximum atomic E-state index is 11.7. The van der Waals surface area contributed by atoms with Crippen LogP contribution in [0.4, 0.5) is 22.7 Å². The molecule has 4 N–H and O–H groups in total. The Morgan fingerprint density at radius 1 is 1.00 bits per heavy atom. The van der Waals surface area contributed by atoms with Crippen molar-refractivity contribution in [3.05, 3.63) is 83.5 Å². The maximum Gasteiger partial charge on any atom is 0.307 e. The van der Waals surface area contributed by atoms with Gasteiger partial charge in [-0.2, -0.15) is 5.26 Å². The highest BCUT2D eigenvalue weighted by atomic mass is 16.6. The summed E-state index contributed by atoms with van der Waals surface area (Å²) in [5.74, 6) is -0.630. The number of hydrogen-bond acceptors (Lipinski definition) is 10. The van der Waals surface area contributed by atoms with E-state index in [0.717, 1.165) is 11.8 Å². The van der Waals surface area contributed by atoms with E-state index in [-0.39, 0.29) is 54.9 Å². The summed E-state index contributed by atoms with van der Waals surface area (Å²) >= 11 is 0. The van der Waals surface area contributed by atoms with Crippen molar-refractivity contribution in [3.63, 3.8) is 0 Å². The highest BCUT2D eigenvalue weighted by molar-refractivity contribution is 5.72. The Bertz CT molecular complexity index is 1070. The molecule has 0 fully saturated rings. The van der Waals surface area contributed by atoms with E-state index in [1.807, 2.05) is 17.0 Å². The van der Waals surface area contributed by atoms with Crippen LogP contribution in [0, 0.1) is 21.4 Å². The highest BCUT2D eigenvalue weighted by Gasteiger charge is 2.13. The molecule has 2 aromatic carbocycles. The molecule has 0 aliphatic carbocycles. The first-order valence-electron chi connectivity index (χ1n) is 10.8. The molecule has 0 aromatic heterocycles. The molecule has 0 heterocycles. The first kappa shape index (κ1) is 29.2. The lowest BCUT2D eigenvalue weighted by Crippen LogP contribution is -2.29. The standard InChI is InChI=1S/C18H24N2O4.C7H5N3O2/c1-3-13-23-17(21)9-11-20(12-10-18(22)24-14-4-2)16-7-5-15(19)6-8-16;8-4-5-3-6(10(11)12)1-2-7(5)9/h3-8H,1-2,9-14,19H2;1-3H,9H2. The smallest absolute Gasteiger partial charge is 0.307 e. The number of nitrogens with two attached hydrogens (primary N) is 2. The molecule has 11 nitrogen and oxygen atoms in total. The van der Waals surface area contributed by atoms with Gasteiger partial charge in [0.15, 0.2) is 0 Å². The van der Waals surface area contributed by atoms with Crippen LogP contribution in [0.5, 0.6) is 0 Å². The quantitative estimate of drug-likeness (QED) is 0.146. The molecule has 0 atom stereocenters. The van der Waals surface area contributed by atoms with Crippen molar-refractivity contribution in [2.24, 2.45) is 0 Å². The average Bonchev–Trinajstić information content (AvgIpc) is 2.87. The Morgan fingerprint density at radius 2 is 1.53 bits per heavy atom.